The molecule has 6 rings (SSSR count). The molecule has 2 bridgehead atoms. The Morgan fingerprint density at radius 2 is 1.71 bits per heavy atom. The van der Waals surface area contributed by atoms with Crippen molar-refractivity contribution in [1.29, 1.82) is 0 Å². The molecule has 3 aliphatic heterocycles. The summed E-state index contributed by atoms with van der Waals surface area (Å²) in [5.41, 5.74) is 1.30. The molecule has 3 fully saturated rings. The van der Waals surface area contributed by atoms with Crippen LogP contribution >= 0.6 is 11.8 Å². The molecule has 0 radical (unpaired) electrons. The number of nitrogens with zero attached hydrogens (tertiary/aromatic N) is 1. The van der Waals surface area contributed by atoms with E-state index < -0.39 is 27.4 Å². The lowest BCUT2D eigenvalue weighted by molar-refractivity contribution is -0.139. The van der Waals surface area contributed by atoms with Crippen molar-refractivity contribution in [2.75, 3.05) is 30.4 Å². The van der Waals surface area contributed by atoms with Crippen LogP contribution in [0.1, 0.15) is 33.1 Å². The van der Waals surface area contributed by atoms with E-state index in [-0.39, 0.29) is 30.9 Å². The van der Waals surface area contributed by atoms with Crippen molar-refractivity contribution in [1.82, 2.24) is 4.90 Å². The molecule has 0 aliphatic carbocycles. The Hall–Kier alpha value is -3.56. The summed E-state index contributed by atoms with van der Waals surface area (Å²) in [4.78, 5) is 43.6. The van der Waals surface area contributed by atoms with E-state index in [4.69, 9.17) is 4.74 Å². The van der Waals surface area contributed by atoms with Crippen molar-refractivity contribution >= 4 is 51.6 Å². The van der Waals surface area contributed by atoms with Crippen molar-refractivity contribution in [2.45, 2.75) is 48.6 Å². The molecular formula is C32H35N3O5S. The number of carbonyl (C=O) groups excluding carboxylic acids is 3. The van der Waals surface area contributed by atoms with E-state index in [9.17, 15) is 19.5 Å². The van der Waals surface area contributed by atoms with Gasteiger partial charge in [-0.1, -0.05) is 30.3 Å². The third kappa shape index (κ3) is 4.65. The first-order chi connectivity index (χ1) is 19.8. The summed E-state index contributed by atoms with van der Waals surface area (Å²) < 4.78 is 4.32. The van der Waals surface area contributed by atoms with Crippen LogP contribution in [0.4, 0.5) is 11.4 Å². The average Bonchev–Trinajstić information content (AvgIpc) is 3.53. The summed E-state index contributed by atoms with van der Waals surface area (Å²) in [6.45, 7) is 4.69. The lowest BCUT2D eigenvalue weighted by Gasteiger charge is -2.34. The van der Waals surface area contributed by atoms with Crippen molar-refractivity contribution in [3.63, 3.8) is 0 Å². The minimum Gasteiger partial charge on any atom is -0.494 e. The topological polar surface area (TPSA) is 108 Å². The number of anilines is 2. The molecular weight excluding hydrogens is 538 g/mol. The highest BCUT2D eigenvalue weighted by molar-refractivity contribution is 8.02. The summed E-state index contributed by atoms with van der Waals surface area (Å²) in [5, 5.41) is 17.8. The Kier molecular flexibility index (Phi) is 7.20. The van der Waals surface area contributed by atoms with Crippen LogP contribution in [0, 0.1) is 11.8 Å². The van der Waals surface area contributed by atoms with E-state index in [1.54, 1.807) is 28.8 Å². The highest BCUT2D eigenvalue weighted by Crippen LogP contribution is 2.71. The Bertz CT molecular complexity index is 1500. The SMILES string of the molecule is CCOc1ccc(NC(=O)[C@@H]2[C@H]3C(=O)N(CCCO)C(C(=O)Nc4ccc5ccccc5c4)C34CC[C@@]2(C)S4)cc1. The zero-order chi connectivity index (χ0) is 28.8. The molecule has 8 nitrogen and oxygen atoms in total. The van der Waals surface area contributed by atoms with Crippen molar-refractivity contribution in [3.05, 3.63) is 66.7 Å². The summed E-state index contributed by atoms with van der Waals surface area (Å²) in [7, 11) is 0. The molecule has 5 atom stereocenters. The molecule has 2 unspecified atom stereocenters. The standard InChI is InChI=1S/C32H35N3O5S/c1-3-40-24-13-11-22(12-14-24)33-28(37)25-26-30(39)35(17-6-18-36)27(32(26)16-15-31(25,2)41-32)29(38)34-23-10-9-20-7-4-5-8-21(20)19-23/h4-5,7-14,19,25-27,36H,3,6,15-18H2,1-2H3,(H,33,37)(H,34,38)/t25-,26-,27?,31+,32?/m0/s1. The second-order valence-corrected chi connectivity index (χ2v) is 13.2. The minimum absolute atomic E-state index is 0.0903. The van der Waals surface area contributed by atoms with Crippen molar-refractivity contribution < 1.29 is 24.2 Å². The molecule has 1 spiro atoms. The predicted molar refractivity (Wildman–Crippen MR) is 161 cm³/mol. The van der Waals surface area contributed by atoms with Crippen molar-refractivity contribution in [3.8, 4) is 5.75 Å². The van der Waals surface area contributed by atoms with Gasteiger partial charge >= 0.3 is 0 Å². The van der Waals surface area contributed by atoms with Crippen LogP contribution in [0.5, 0.6) is 5.75 Å². The molecule has 3 aliphatic rings. The van der Waals surface area contributed by atoms with Gasteiger partial charge in [-0.2, -0.15) is 0 Å². The number of benzene rings is 3. The van der Waals surface area contributed by atoms with Crippen LogP contribution in [0.2, 0.25) is 0 Å². The van der Waals surface area contributed by atoms with Gasteiger partial charge in [0.05, 0.1) is 23.2 Å². The number of amides is 3. The van der Waals surface area contributed by atoms with Crippen LogP contribution in [0.3, 0.4) is 0 Å². The molecule has 9 heteroatoms. The normalized spacial score (nSPS) is 28.1. The van der Waals surface area contributed by atoms with Gasteiger partial charge in [-0.3, -0.25) is 14.4 Å². The van der Waals surface area contributed by atoms with Gasteiger partial charge in [-0.15, -0.1) is 11.8 Å². The molecule has 0 saturated carbocycles. The number of likely N-dealkylation sites (tertiary alicyclic amines) is 1. The third-order valence-corrected chi connectivity index (χ3v) is 10.8. The summed E-state index contributed by atoms with van der Waals surface area (Å²) in [5.74, 6) is -1.13. The quantitative estimate of drug-likeness (QED) is 0.343. The molecule has 3 aromatic rings. The number of ether oxygens (including phenoxy) is 1. The molecule has 3 heterocycles. The molecule has 3 amide bonds. The Morgan fingerprint density at radius 3 is 2.44 bits per heavy atom. The molecule has 3 aromatic carbocycles. The maximum absolute atomic E-state index is 14.1. The van der Waals surface area contributed by atoms with E-state index in [1.165, 1.54) is 0 Å². The number of fused-ring (bicyclic) bond motifs is 2. The summed E-state index contributed by atoms with van der Waals surface area (Å²) in [6.07, 6.45) is 1.76. The number of carbonyl (C=O) groups is 3. The number of aliphatic hydroxyl groups is 1. The van der Waals surface area contributed by atoms with E-state index in [1.807, 2.05) is 61.5 Å². The fraction of sp³-hybridized carbons (Fsp3) is 0.406. The number of thioether (sulfide) groups is 1. The first-order valence-corrected chi connectivity index (χ1v) is 15.1. The predicted octanol–water partition coefficient (Wildman–Crippen LogP) is 4.68. The second kappa shape index (κ2) is 10.7. The Labute approximate surface area is 243 Å². The lowest BCUT2D eigenvalue weighted by Crippen LogP contribution is -2.52. The Morgan fingerprint density at radius 1 is 1.00 bits per heavy atom. The lowest BCUT2D eigenvalue weighted by atomic mass is 9.66. The zero-order valence-electron chi connectivity index (χ0n) is 23.3. The largest absolute Gasteiger partial charge is 0.494 e. The smallest absolute Gasteiger partial charge is 0.248 e. The molecule has 3 N–H and O–H groups in total. The van der Waals surface area contributed by atoms with Crippen molar-refractivity contribution in [2.24, 2.45) is 11.8 Å². The number of hydrogen-bond donors (Lipinski definition) is 3. The Balaban J connectivity index is 1.30. The van der Waals surface area contributed by atoms with E-state index in [0.29, 0.717) is 30.8 Å². The zero-order valence-corrected chi connectivity index (χ0v) is 24.1. The van der Waals surface area contributed by atoms with Crippen LogP contribution < -0.4 is 15.4 Å². The van der Waals surface area contributed by atoms with E-state index in [2.05, 4.69) is 17.6 Å². The van der Waals surface area contributed by atoms with E-state index >= 15 is 0 Å². The van der Waals surface area contributed by atoms with Gasteiger partial charge < -0.3 is 25.4 Å². The van der Waals surface area contributed by atoms with Gasteiger partial charge in [0.25, 0.3) is 0 Å². The molecule has 0 aromatic heterocycles. The third-order valence-electron chi connectivity index (χ3n) is 8.81. The van der Waals surface area contributed by atoms with Gasteiger partial charge in [-0.05, 0) is 80.3 Å². The minimum atomic E-state index is -0.742. The number of aliphatic hydroxyl groups excluding tert-OH is 1. The van der Waals surface area contributed by atoms with Gasteiger partial charge in [0.1, 0.15) is 11.8 Å². The van der Waals surface area contributed by atoms with E-state index in [0.717, 1.165) is 22.9 Å². The van der Waals surface area contributed by atoms with Crippen LogP contribution in [-0.4, -0.2) is 63.0 Å². The molecule has 3 saturated heterocycles. The summed E-state index contributed by atoms with van der Waals surface area (Å²) in [6, 6.07) is 20.2. The highest BCUT2D eigenvalue weighted by Gasteiger charge is 2.77. The molecule has 41 heavy (non-hydrogen) atoms. The maximum atomic E-state index is 14.1. The first kappa shape index (κ1) is 27.6. The highest BCUT2D eigenvalue weighted by atomic mass is 32.2. The van der Waals surface area contributed by atoms with Crippen LogP contribution in [-0.2, 0) is 14.4 Å². The van der Waals surface area contributed by atoms with Gasteiger partial charge in [0, 0.05) is 29.3 Å². The maximum Gasteiger partial charge on any atom is 0.248 e. The van der Waals surface area contributed by atoms with Crippen LogP contribution in [0.25, 0.3) is 10.8 Å². The molecule has 214 valence electrons. The second-order valence-electron chi connectivity index (χ2n) is 11.3. The number of rotatable bonds is 9. The average molecular weight is 574 g/mol. The number of hydrogen-bond acceptors (Lipinski definition) is 6. The fourth-order valence-corrected chi connectivity index (χ4v) is 9.46. The summed E-state index contributed by atoms with van der Waals surface area (Å²) >= 11 is 1.63. The van der Waals surface area contributed by atoms with Gasteiger partial charge in [-0.25, -0.2) is 0 Å². The van der Waals surface area contributed by atoms with Crippen LogP contribution in [0.15, 0.2) is 66.7 Å². The first-order valence-electron chi connectivity index (χ1n) is 14.2. The fourth-order valence-electron chi connectivity index (χ4n) is 7.11. The van der Waals surface area contributed by atoms with Gasteiger partial charge in [0.15, 0.2) is 0 Å². The van der Waals surface area contributed by atoms with Gasteiger partial charge in [0.2, 0.25) is 17.7 Å². The number of nitrogens with one attached hydrogen (secondary N) is 2. The monoisotopic (exact) mass is 573 g/mol.